The van der Waals surface area contributed by atoms with E-state index in [1.807, 2.05) is 22.6 Å². The number of ether oxygens (including phenoxy) is 4. The van der Waals surface area contributed by atoms with Crippen molar-refractivity contribution in [3.8, 4) is 34.5 Å². The van der Waals surface area contributed by atoms with Crippen molar-refractivity contribution in [3.63, 3.8) is 0 Å². The minimum Gasteiger partial charge on any atom is -0.493 e. The molecule has 0 amide bonds. The molecule has 1 atom stereocenters. The summed E-state index contributed by atoms with van der Waals surface area (Å²) in [5, 5.41) is 0. The number of hydrogen-bond acceptors (Lipinski definition) is 7. The van der Waals surface area contributed by atoms with Gasteiger partial charge in [-0.3, -0.25) is 0 Å². The molecule has 2 aromatic carbocycles. The lowest BCUT2D eigenvalue weighted by atomic mass is 9.89. The molecule has 0 bridgehead atoms. The number of rotatable bonds is 7. The molecule has 32 heavy (non-hydrogen) atoms. The number of fused-ring (bicyclic) bond motifs is 1. The SMILES string of the molecule is COc1ncc(-c2ccc(CC3c4cc(OC)c(OC)cc4CCN3Cl)cc2)c(OC)n1. The van der Waals surface area contributed by atoms with Crippen molar-refractivity contribution < 1.29 is 18.9 Å². The van der Waals surface area contributed by atoms with Crippen LogP contribution >= 0.6 is 11.8 Å². The third-order valence-corrected chi connectivity index (χ3v) is 6.14. The number of methoxy groups -OCH3 is 4. The van der Waals surface area contributed by atoms with E-state index in [-0.39, 0.29) is 12.1 Å². The molecule has 4 rings (SSSR count). The Morgan fingerprint density at radius 3 is 2.34 bits per heavy atom. The molecule has 168 valence electrons. The largest absolute Gasteiger partial charge is 0.493 e. The molecule has 7 nitrogen and oxygen atoms in total. The average Bonchev–Trinajstić information content (AvgIpc) is 2.85. The summed E-state index contributed by atoms with van der Waals surface area (Å²) in [6.07, 6.45) is 3.34. The predicted octanol–water partition coefficient (Wildman–Crippen LogP) is 4.47. The topological polar surface area (TPSA) is 65.9 Å². The first-order valence-electron chi connectivity index (χ1n) is 10.3. The van der Waals surface area contributed by atoms with E-state index in [4.69, 9.17) is 30.7 Å². The van der Waals surface area contributed by atoms with Gasteiger partial charge in [0.2, 0.25) is 5.88 Å². The van der Waals surface area contributed by atoms with Crippen LogP contribution in [0.1, 0.15) is 22.7 Å². The Hall–Kier alpha value is -3.03. The Labute approximate surface area is 193 Å². The molecule has 1 aliphatic rings. The van der Waals surface area contributed by atoms with Crippen molar-refractivity contribution >= 4 is 11.8 Å². The van der Waals surface area contributed by atoms with Crippen LogP contribution in [-0.2, 0) is 12.8 Å². The molecule has 0 spiro atoms. The monoisotopic (exact) mass is 455 g/mol. The van der Waals surface area contributed by atoms with Crippen LogP contribution in [0, 0.1) is 0 Å². The summed E-state index contributed by atoms with van der Waals surface area (Å²) in [6, 6.07) is 12.7. The molecular formula is C24H26ClN3O4. The number of benzene rings is 2. The van der Waals surface area contributed by atoms with E-state index in [0.29, 0.717) is 11.6 Å². The summed E-state index contributed by atoms with van der Waals surface area (Å²) < 4.78 is 23.4. The first-order valence-corrected chi connectivity index (χ1v) is 10.6. The second-order valence-electron chi connectivity index (χ2n) is 7.48. The lowest BCUT2D eigenvalue weighted by Crippen LogP contribution is -2.29. The fourth-order valence-corrected chi connectivity index (χ4v) is 4.31. The summed E-state index contributed by atoms with van der Waals surface area (Å²) in [7, 11) is 6.41. The predicted molar refractivity (Wildman–Crippen MR) is 123 cm³/mol. The Morgan fingerprint density at radius 1 is 0.969 bits per heavy atom. The van der Waals surface area contributed by atoms with Crippen LogP contribution < -0.4 is 18.9 Å². The molecule has 8 heteroatoms. The van der Waals surface area contributed by atoms with Gasteiger partial charge in [-0.25, -0.2) is 9.40 Å². The van der Waals surface area contributed by atoms with Crippen LogP contribution in [0.2, 0.25) is 0 Å². The molecule has 1 aromatic heterocycles. The molecule has 0 N–H and O–H groups in total. The van der Waals surface area contributed by atoms with Crippen LogP contribution in [0.4, 0.5) is 0 Å². The van der Waals surface area contributed by atoms with Gasteiger partial charge >= 0.3 is 6.01 Å². The lowest BCUT2D eigenvalue weighted by Gasteiger charge is -2.33. The van der Waals surface area contributed by atoms with E-state index in [0.717, 1.165) is 36.3 Å². The van der Waals surface area contributed by atoms with Crippen LogP contribution in [0.25, 0.3) is 11.1 Å². The summed E-state index contributed by atoms with van der Waals surface area (Å²) in [5.74, 6) is 1.93. The second kappa shape index (κ2) is 9.63. The van der Waals surface area contributed by atoms with Gasteiger partial charge in [-0.1, -0.05) is 24.3 Å². The molecule has 2 heterocycles. The number of halogens is 1. The Kier molecular flexibility index (Phi) is 6.67. The van der Waals surface area contributed by atoms with Crippen molar-refractivity contribution in [1.82, 2.24) is 14.4 Å². The third-order valence-electron chi connectivity index (χ3n) is 5.74. The fourth-order valence-electron chi connectivity index (χ4n) is 4.05. The van der Waals surface area contributed by atoms with Gasteiger partial charge in [-0.05, 0) is 59.0 Å². The molecule has 0 saturated carbocycles. The Bertz CT molecular complexity index is 1090. The van der Waals surface area contributed by atoms with Gasteiger partial charge < -0.3 is 18.9 Å². The van der Waals surface area contributed by atoms with Gasteiger partial charge in [0.1, 0.15) is 0 Å². The van der Waals surface area contributed by atoms with Gasteiger partial charge in [0, 0.05) is 12.7 Å². The van der Waals surface area contributed by atoms with Gasteiger partial charge in [0.05, 0.1) is 40.0 Å². The van der Waals surface area contributed by atoms with E-state index < -0.39 is 0 Å². The van der Waals surface area contributed by atoms with Crippen molar-refractivity contribution in [2.75, 3.05) is 35.0 Å². The zero-order valence-electron chi connectivity index (χ0n) is 18.6. The van der Waals surface area contributed by atoms with Crippen molar-refractivity contribution in [2.45, 2.75) is 18.9 Å². The standard InChI is InChI=1S/C24H26ClN3O4/c1-29-21-12-17-9-10-28(25)20(18(17)13-22(21)30-2)11-15-5-7-16(8-6-15)19-14-26-24(32-4)27-23(19)31-3/h5-8,12-14,20H,9-11H2,1-4H3. The molecule has 1 unspecified atom stereocenters. The molecule has 0 saturated heterocycles. The van der Waals surface area contributed by atoms with Crippen molar-refractivity contribution in [2.24, 2.45) is 0 Å². The highest BCUT2D eigenvalue weighted by Gasteiger charge is 2.28. The Balaban J connectivity index is 1.61. The second-order valence-corrected chi connectivity index (χ2v) is 7.91. The number of hydrogen-bond donors (Lipinski definition) is 0. The molecule has 0 radical (unpaired) electrons. The highest BCUT2D eigenvalue weighted by atomic mass is 35.5. The fraction of sp³-hybridized carbons (Fsp3) is 0.333. The smallest absolute Gasteiger partial charge is 0.319 e. The first-order chi connectivity index (χ1) is 15.6. The highest BCUT2D eigenvalue weighted by Crippen LogP contribution is 2.40. The zero-order chi connectivity index (χ0) is 22.7. The van der Waals surface area contributed by atoms with E-state index in [2.05, 4.69) is 28.2 Å². The minimum absolute atomic E-state index is 0.0323. The summed E-state index contributed by atoms with van der Waals surface area (Å²) in [5.41, 5.74) is 5.34. The maximum atomic E-state index is 6.64. The molecule has 0 fully saturated rings. The minimum atomic E-state index is 0.0323. The highest BCUT2D eigenvalue weighted by molar-refractivity contribution is 6.13. The average molecular weight is 456 g/mol. The summed E-state index contributed by atoms with van der Waals surface area (Å²) >= 11 is 6.64. The van der Waals surface area contributed by atoms with Crippen molar-refractivity contribution in [1.29, 1.82) is 0 Å². The van der Waals surface area contributed by atoms with Crippen LogP contribution in [0.3, 0.4) is 0 Å². The first kappa shape index (κ1) is 22.2. The zero-order valence-corrected chi connectivity index (χ0v) is 19.3. The quantitative estimate of drug-likeness (QED) is 0.487. The van der Waals surface area contributed by atoms with Gasteiger partial charge in [-0.15, -0.1) is 0 Å². The van der Waals surface area contributed by atoms with Gasteiger partial charge in [-0.2, -0.15) is 4.98 Å². The maximum Gasteiger partial charge on any atom is 0.319 e. The molecule has 0 aliphatic carbocycles. The van der Waals surface area contributed by atoms with Crippen LogP contribution in [0.5, 0.6) is 23.4 Å². The molecule has 1 aliphatic heterocycles. The van der Waals surface area contributed by atoms with Gasteiger partial charge in [0.25, 0.3) is 0 Å². The third kappa shape index (κ3) is 4.31. The molecule has 3 aromatic rings. The van der Waals surface area contributed by atoms with E-state index in [1.165, 1.54) is 23.8 Å². The van der Waals surface area contributed by atoms with Crippen LogP contribution in [0.15, 0.2) is 42.6 Å². The summed E-state index contributed by atoms with van der Waals surface area (Å²) in [6.45, 7) is 0.771. The summed E-state index contributed by atoms with van der Waals surface area (Å²) in [4.78, 5) is 8.47. The lowest BCUT2D eigenvalue weighted by molar-refractivity contribution is 0.316. The van der Waals surface area contributed by atoms with Crippen LogP contribution in [-0.4, -0.2) is 49.4 Å². The van der Waals surface area contributed by atoms with Gasteiger partial charge in [0.15, 0.2) is 11.5 Å². The number of nitrogens with zero attached hydrogens (tertiary/aromatic N) is 3. The normalized spacial score (nSPS) is 15.7. The van der Waals surface area contributed by atoms with Crippen molar-refractivity contribution in [3.05, 3.63) is 59.3 Å². The number of aromatic nitrogens is 2. The maximum absolute atomic E-state index is 6.64. The molecular weight excluding hydrogens is 430 g/mol. The Morgan fingerprint density at radius 2 is 1.69 bits per heavy atom. The van der Waals surface area contributed by atoms with E-state index >= 15 is 0 Å². The van der Waals surface area contributed by atoms with E-state index in [1.54, 1.807) is 27.5 Å². The van der Waals surface area contributed by atoms with E-state index in [9.17, 15) is 0 Å².